The molecular formula is C26H40IN5O. The third-order valence-electron chi connectivity index (χ3n) is 5.82. The maximum atomic E-state index is 12.4. The standard InChI is InChI=1S/C26H39N5O.HI/c1-6-31(7-2)25(32)24-15-13-22(14-16-24)19-29-26(27-4)28-18-17-21(3)30(5)20-23-11-9-8-10-12-23;/h8-16,21H,6-7,17-20H2,1-5H3,(H2,27,28,29);1H. The zero-order valence-electron chi connectivity index (χ0n) is 20.7. The molecule has 0 aliphatic heterocycles. The van der Waals surface area contributed by atoms with Crippen LogP contribution in [0.4, 0.5) is 0 Å². The van der Waals surface area contributed by atoms with E-state index < -0.39 is 0 Å². The second-order valence-corrected chi connectivity index (χ2v) is 8.07. The summed E-state index contributed by atoms with van der Waals surface area (Å²) in [6.45, 7) is 10.1. The van der Waals surface area contributed by atoms with Gasteiger partial charge < -0.3 is 15.5 Å². The van der Waals surface area contributed by atoms with Crippen molar-refractivity contribution < 1.29 is 4.79 Å². The highest BCUT2D eigenvalue weighted by molar-refractivity contribution is 14.0. The van der Waals surface area contributed by atoms with Crippen molar-refractivity contribution in [2.75, 3.05) is 33.7 Å². The number of rotatable bonds is 11. The molecule has 0 saturated carbocycles. The molecule has 33 heavy (non-hydrogen) atoms. The second kappa shape index (κ2) is 15.7. The summed E-state index contributed by atoms with van der Waals surface area (Å²) in [6, 6.07) is 18.8. The van der Waals surface area contributed by atoms with E-state index in [9.17, 15) is 4.79 Å². The third kappa shape index (κ3) is 9.71. The van der Waals surface area contributed by atoms with Crippen LogP contribution in [0.25, 0.3) is 0 Å². The van der Waals surface area contributed by atoms with Gasteiger partial charge in [-0.05, 0) is 57.5 Å². The first-order valence-corrected chi connectivity index (χ1v) is 11.5. The molecule has 1 atom stereocenters. The molecule has 0 heterocycles. The van der Waals surface area contributed by atoms with Crippen LogP contribution in [0.5, 0.6) is 0 Å². The summed E-state index contributed by atoms with van der Waals surface area (Å²) in [5, 5.41) is 6.75. The minimum Gasteiger partial charge on any atom is -0.356 e. The number of aliphatic imine (C=N–C) groups is 1. The molecular weight excluding hydrogens is 525 g/mol. The number of hydrogen-bond donors (Lipinski definition) is 2. The summed E-state index contributed by atoms with van der Waals surface area (Å²) < 4.78 is 0. The Labute approximate surface area is 216 Å². The average Bonchev–Trinajstić information content (AvgIpc) is 2.82. The first kappa shape index (κ1) is 28.9. The van der Waals surface area contributed by atoms with E-state index >= 15 is 0 Å². The molecule has 182 valence electrons. The van der Waals surface area contributed by atoms with Crippen LogP contribution in [0, 0.1) is 0 Å². The molecule has 0 aliphatic carbocycles. The monoisotopic (exact) mass is 565 g/mol. The Hall–Kier alpha value is -2.13. The SMILES string of the molecule is CCN(CC)C(=O)c1ccc(CNC(=NC)NCCC(C)N(C)Cc2ccccc2)cc1.I. The Morgan fingerprint density at radius 3 is 2.18 bits per heavy atom. The topological polar surface area (TPSA) is 60.0 Å². The van der Waals surface area contributed by atoms with Crippen molar-refractivity contribution in [3.63, 3.8) is 0 Å². The number of guanidine groups is 1. The molecule has 2 aromatic rings. The zero-order chi connectivity index (χ0) is 23.3. The highest BCUT2D eigenvalue weighted by Crippen LogP contribution is 2.09. The van der Waals surface area contributed by atoms with Crippen molar-refractivity contribution in [1.29, 1.82) is 0 Å². The Kier molecular flexibility index (Phi) is 13.7. The number of nitrogens with zero attached hydrogens (tertiary/aromatic N) is 3. The largest absolute Gasteiger partial charge is 0.356 e. The van der Waals surface area contributed by atoms with Crippen molar-refractivity contribution in [3.05, 3.63) is 71.3 Å². The van der Waals surface area contributed by atoms with Gasteiger partial charge in [-0.25, -0.2) is 0 Å². The molecule has 6 nitrogen and oxygen atoms in total. The molecule has 7 heteroatoms. The van der Waals surface area contributed by atoms with Gasteiger partial charge in [0.1, 0.15) is 0 Å². The van der Waals surface area contributed by atoms with Crippen molar-refractivity contribution in [2.24, 2.45) is 4.99 Å². The summed E-state index contributed by atoms with van der Waals surface area (Å²) in [4.78, 5) is 21.0. The number of hydrogen-bond acceptors (Lipinski definition) is 3. The van der Waals surface area contributed by atoms with Gasteiger partial charge >= 0.3 is 0 Å². The lowest BCUT2D eigenvalue weighted by atomic mass is 10.1. The predicted molar refractivity (Wildman–Crippen MR) is 149 cm³/mol. The summed E-state index contributed by atoms with van der Waals surface area (Å²) in [5.41, 5.74) is 3.17. The van der Waals surface area contributed by atoms with E-state index in [1.807, 2.05) is 43.0 Å². The van der Waals surface area contributed by atoms with Gasteiger partial charge in [0.05, 0.1) is 0 Å². The van der Waals surface area contributed by atoms with E-state index in [0.29, 0.717) is 12.6 Å². The smallest absolute Gasteiger partial charge is 0.253 e. The van der Waals surface area contributed by atoms with Crippen molar-refractivity contribution in [2.45, 2.75) is 46.3 Å². The van der Waals surface area contributed by atoms with Crippen molar-refractivity contribution in [3.8, 4) is 0 Å². The summed E-state index contributed by atoms with van der Waals surface area (Å²) in [7, 11) is 3.95. The lowest BCUT2D eigenvalue weighted by Crippen LogP contribution is -2.39. The minimum absolute atomic E-state index is 0. The summed E-state index contributed by atoms with van der Waals surface area (Å²) >= 11 is 0. The molecule has 0 fully saturated rings. The Balaban J connectivity index is 0.00000544. The minimum atomic E-state index is 0. The second-order valence-electron chi connectivity index (χ2n) is 8.07. The third-order valence-corrected chi connectivity index (χ3v) is 5.82. The first-order chi connectivity index (χ1) is 15.5. The molecule has 0 bridgehead atoms. The van der Waals surface area contributed by atoms with E-state index in [0.717, 1.165) is 49.7 Å². The zero-order valence-corrected chi connectivity index (χ0v) is 23.0. The number of benzene rings is 2. The fourth-order valence-electron chi connectivity index (χ4n) is 3.51. The number of carbonyl (C=O) groups is 1. The van der Waals surface area contributed by atoms with Crippen LogP contribution in [0.1, 0.15) is 48.7 Å². The molecule has 0 aromatic heterocycles. The normalized spacial score (nSPS) is 12.1. The lowest BCUT2D eigenvalue weighted by molar-refractivity contribution is 0.0773. The molecule has 1 unspecified atom stereocenters. The number of amides is 1. The lowest BCUT2D eigenvalue weighted by Gasteiger charge is -2.25. The molecule has 0 spiro atoms. The van der Waals surface area contributed by atoms with Crippen LogP contribution >= 0.6 is 24.0 Å². The Bertz CT molecular complexity index is 838. The van der Waals surface area contributed by atoms with E-state index in [4.69, 9.17) is 0 Å². The number of carbonyl (C=O) groups excluding carboxylic acids is 1. The van der Waals surface area contributed by atoms with Crippen molar-refractivity contribution >= 4 is 35.8 Å². The van der Waals surface area contributed by atoms with Crippen LogP contribution in [0.2, 0.25) is 0 Å². The van der Waals surface area contributed by atoms with Gasteiger partial charge in [-0.3, -0.25) is 14.7 Å². The fourth-order valence-corrected chi connectivity index (χ4v) is 3.51. The fraction of sp³-hybridized carbons (Fsp3) is 0.462. The van der Waals surface area contributed by atoms with Crippen LogP contribution in [-0.4, -0.2) is 61.4 Å². The van der Waals surface area contributed by atoms with Gasteiger partial charge in [0.25, 0.3) is 5.91 Å². The summed E-state index contributed by atoms with van der Waals surface area (Å²) in [6.07, 6.45) is 1.02. The van der Waals surface area contributed by atoms with Crippen LogP contribution in [0.3, 0.4) is 0 Å². The average molecular weight is 566 g/mol. The molecule has 1 amide bonds. The molecule has 2 aromatic carbocycles. The van der Waals surface area contributed by atoms with Crippen LogP contribution < -0.4 is 10.6 Å². The van der Waals surface area contributed by atoms with Gasteiger partial charge in [0.2, 0.25) is 0 Å². The van der Waals surface area contributed by atoms with E-state index in [1.54, 1.807) is 7.05 Å². The quantitative estimate of drug-likeness (QED) is 0.242. The van der Waals surface area contributed by atoms with Crippen LogP contribution in [0.15, 0.2) is 59.6 Å². The van der Waals surface area contributed by atoms with Gasteiger partial charge in [-0.2, -0.15) is 0 Å². The maximum Gasteiger partial charge on any atom is 0.253 e. The van der Waals surface area contributed by atoms with Crippen molar-refractivity contribution in [1.82, 2.24) is 20.4 Å². The first-order valence-electron chi connectivity index (χ1n) is 11.5. The molecule has 2 rings (SSSR count). The van der Waals surface area contributed by atoms with Gasteiger partial charge in [-0.1, -0.05) is 42.5 Å². The number of nitrogens with one attached hydrogen (secondary N) is 2. The van der Waals surface area contributed by atoms with Gasteiger partial charge in [0.15, 0.2) is 5.96 Å². The Morgan fingerprint density at radius 1 is 0.970 bits per heavy atom. The summed E-state index contributed by atoms with van der Waals surface area (Å²) in [5.74, 6) is 0.865. The molecule has 2 N–H and O–H groups in total. The van der Waals surface area contributed by atoms with Gasteiger partial charge in [0, 0.05) is 51.4 Å². The molecule has 0 radical (unpaired) electrons. The van der Waals surface area contributed by atoms with Gasteiger partial charge in [-0.15, -0.1) is 24.0 Å². The molecule has 0 aliphatic rings. The van der Waals surface area contributed by atoms with E-state index in [-0.39, 0.29) is 29.9 Å². The maximum absolute atomic E-state index is 12.4. The van der Waals surface area contributed by atoms with Crippen LogP contribution in [-0.2, 0) is 13.1 Å². The Morgan fingerprint density at radius 2 is 1.61 bits per heavy atom. The highest BCUT2D eigenvalue weighted by Gasteiger charge is 2.12. The number of halogens is 1. The highest BCUT2D eigenvalue weighted by atomic mass is 127. The van der Waals surface area contributed by atoms with E-state index in [1.165, 1.54) is 5.56 Å². The molecule has 0 saturated heterocycles. The predicted octanol–water partition coefficient (Wildman–Crippen LogP) is 4.36. The van der Waals surface area contributed by atoms with E-state index in [2.05, 4.69) is 64.8 Å².